The molecule has 4 heteroatoms. The predicted octanol–water partition coefficient (Wildman–Crippen LogP) is 2.89. The Morgan fingerprint density at radius 2 is 2.06 bits per heavy atom. The first-order valence-electron chi connectivity index (χ1n) is 6.58. The van der Waals surface area contributed by atoms with Crippen LogP contribution in [0.3, 0.4) is 0 Å². The molecule has 0 bridgehead atoms. The van der Waals surface area contributed by atoms with Gasteiger partial charge in [0.15, 0.2) is 5.82 Å². The summed E-state index contributed by atoms with van der Waals surface area (Å²) in [6, 6.07) is 8.38. The van der Waals surface area contributed by atoms with Gasteiger partial charge in [0.1, 0.15) is 0 Å². The Kier molecular flexibility index (Phi) is 2.15. The molecule has 18 heavy (non-hydrogen) atoms. The molecule has 1 aromatic carbocycles. The minimum absolute atomic E-state index is 0.252. The molecule has 2 aliphatic rings. The number of nitrogens with one attached hydrogen (secondary N) is 1. The Balaban J connectivity index is 1.71. The minimum Gasteiger partial charge on any atom is -0.385 e. The molecular formula is C14H15N3O. The zero-order valence-electron chi connectivity index (χ0n) is 10.1. The molecule has 0 radical (unpaired) electrons. The lowest BCUT2D eigenvalue weighted by Gasteiger charge is -2.23. The van der Waals surface area contributed by atoms with Crippen molar-refractivity contribution in [3.8, 4) is 0 Å². The smallest absolute Gasteiger partial charge is 0.234 e. The van der Waals surface area contributed by atoms with E-state index in [-0.39, 0.29) is 5.92 Å². The van der Waals surface area contributed by atoms with E-state index in [9.17, 15) is 0 Å². The minimum atomic E-state index is 0.252. The van der Waals surface area contributed by atoms with E-state index in [4.69, 9.17) is 4.52 Å². The Hall–Kier alpha value is -1.84. The number of para-hydroxylation sites is 1. The standard InChI is InChI=1S/C14H15N3O/c1-2-4-12-10(3-1)11(7-8-15-12)14-16-13(17-18-14)9-5-6-9/h1-4,9,11,15H,5-8H2. The molecule has 0 saturated heterocycles. The van der Waals surface area contributed by atoms with Crippen molar-refractivity contribution < 1.29 is 4.52 Å². The maximum Gasteiger partial charge on any atom is 0.234 e. The van der Waals surface area contributed by atoms with E-state index >= 15 is 0 Å². The lowest BCUT2D eigenvalue weighted by Crippen LogP contribution is -2.17. The van der Waals surface area contributed by atoms with Crippen LogP contribution in [0.4, 0.5) is 5.69 Å². The fourth-order valence-corrected chi connectivity index (χ4v) is 2.62. The van der Waals surface area contributed by atoms with E-state index in [0.717, 1.165) is 24.7 Å². The summed E-state index contributed by atoms with van der Waals surface area (Å²) in [5.74, 6) is 2.49. The first kappa shape index (κ1) is 10.1. The van der Waals surface area contributed by atoms with Gasteiger partial charge in [-0.1, -0.05) is 23.4 Å². The number of nitrogens with zero attached hydrogens (tertiary/aromatic N) is 2. The summed E-state index contributed by atoms with van der Waals surface area (Å²) in [5, 5.41) is 7.53. The van der Waals surface area contributed by atoms with Gasteiger partial charge >= 0.3 is 0 Å². The Morgan fingerprint density at radius 3 is 2.94 bits per heavy atom. The summed E-state index contributed by atoms with van der Waals surface area (Å²) in [6.07, 6.45) is 3.44. The van der Waals surface area contributed by atoms with E-state index in [0.29, 0.717) is 5.92 Å². The van der Waals surface area contributed by atoms with Crippen LogP contribution in [0.25, 0.3) is 0 Å². The van der Waals surface area contributed by atoms with Crippen LogP contribution in [0.15, 0.2) is 28.8 Å². The van der Waals surface area contributed by atoms with Gasteiger partial charge in [0, 0.05) is 18.2 Å². The predicted molar refractivity (Wildman–Crippen MR) is 67.7 cm³/mol. The largest absolute Gasteiger partial charge is 0.385 e. The number of anilines is 1. The van der Waals surface area contributed by atoms with E-state index < -0.39 is 0 Å². The van der Waals surface area contributed by atoms with Gasteiger partial charge in [-0.15, -0.1) is 0 Å². The van der Waals surface area contributed by atoms with E-state index in [1.165, 1.54) is 24.1 Å². The van der Waals surface area contributed by atoms with E-state index in [2.05, 4.69) is 39.7 Å². The highest BCUT2D eigenvalue weighted by Gasteiger charge is 2.31. The number of aromatic nitrogens is 2. The second-order valence-corrected chi connectivity index (χ2v) is 5.12. The average Bonchev–Trinajstić information content (AvgIpc) is 3.16. The van der Waals surface area contributed by atoms with Crippen molar-refractivity contribution in [2.24, 2.45) is 0 Å². The molecule has 1 N–H and O–H groups in total. The van der Waals surface area contributed by atoms with Gasteiger partial charge in [-0.2, -0.15) is 4.98 Å². The summed E-state index contributed by atoms with van der Waals surface area (Å²) in [7, 11) is 0. The lowest BCUT2D eigenvalue weighted by atomic mass is 9.91. The van der Waals surface area contributed by atoms with Gasteiger partial charge in [0.2, 0.25) is 5.89 Å². The SMILES string of the molecule is c1ccc2c(c1)NCCC2c1nc(C2CC2)no1. The highest BCUT2D eigenvalue weighted by Crippen LogP contribution is 2.40. The van der Waals surface area contributed by atoms with Crippen molar-refractivity contribution in [3.63, 3.8) is 0 Å². The van der Waals surface area contributed by atoms with Crippen LogP contribution < -0.4 is 5.32 Å². The molecule has 0 spiro atoms. The third kappa shape index (κ3) is 1.60. The Morgan fingerprint density at radius 1 is 1.17 bits per heavy atom. The highest BCUT2D eigenvalue weighted by molar-refractivity contribution is 5.56. The fraction of sp³-hybridized carbons (Fsp3) is 0.429. The molecule has 1 aliphatic carbocycles. The van der Waals surface area contributed by atoms with Gasteiger partial charge < -0.3 is 9.84 Å². The molecule has 1 saturated carbocycles. The van der Waals surface area contributed by atoms with Crippen molar-refractivity contribution >= 4 is 5.69 Å². The first-order chi connectivity index (χ1) is 8.92. The summed E-state index contributed by atoms with van der Waals surface area (Å²) >= 11 is 0. The van der Waals surface area contributed by atoms with Gasteiger partial charge in [0.25, 0.3) is 0 Å². The summed E-state index contributed by atoms with van der Waals surface area (Å²) in [6.45, 7) is 0.961. The monoisotopic (exact) mass is 241 g/mol. The molecule has 4 nitrogen and oxygen atoms in total. The fourth-order valence-electron chi connectivity index (χ4n) is 2.62. The van der Waals surface area contributed by atoms with Crippen LogP contribution in [0.2, 0.25) is 0 Å². The van der Waals surface area contributed by atoms with Crippen LogP contribution in [0.1, 0.15) is 48.4 Å². The number of fused-ring (bicyclic) bond motifs is 1. The molecule has 92 valence electrons. The van der Waals surface area contributed by atoms with Gasteiger partial charge in [0.05, 0.1) is 5.92 Å². The van der Waals surface area contributed by atoms with Crippen molar-refractivity contribution in [2.45, 2.75) is 31.1 Å². The van der Waals surface area contributed by atoms with E-state index in [1.54, 1.807) is 0 Å². The Labute approximate surface area is 105 Å². The Bertz CT molecular complexity index is 574. The highest BCUT2D eigenvalue weighted by atomic mass is 16.5. The van der Waals surface area contributed by atoms with Gasteiger partial charge in [-0.25, -0.2) is 0 Å². The van der Waals surface area contributed by atoms with Crippen molar-refractivity contribution in [1.29, 1.82) is 0 Å². The number of rotatable bonds is 2. The van der Waals surface area contributed by atoms with Crippen LogP contribution in [0.5, 0.6) is 0 Å². The van der Waals surface area contributed by atoms with Crippen molar-refractivity contribution in [2.75, 3.05) is 11.9 Å². The zero-order chi connectivity index (χ0) is 11.9. The summed E-state index contributed by atoms with van der Waals surface area (Å²) < 4.78 is 5.47. The molecule has 1 aliphatic heterocycles. The number of benzene rings is 1. The van der Waals surface area contributed by atoms with Gasteiger partial charge in [-0.05, 0) is 30.9 Å². The third-order valence-electron chi connectivity index (χ3n) is 3.78. The maximum absolute atomic E-state index is 5.47. The molecule has 2 heterocycles. The molecule has 1 unspecified atom stereocenters. The van der Waals surface area contributed by atoms with Crippen molar-refractivity contribution in [1.82, 2.24) is 10.1 Å². The van der Waals surface area contributed by atoms with Crippen LogP contribution >= 0.6 is 0 Å². The van der Waals surface area contributed by atoms with E-state index in [1.807, 2.05) is 0 Å². The molecule has 1 atom stereocenters. The lowest BCUT2D eigenvalue weighted by molar-refractivity contribution is 0.356. The summed E-state index contributed by atoms with van der Waals surface area (Å²) in [4.78, 5) is 4.59. The third-order valence-corrected chi connectivity index (χ3v) is 3.78. The summed E-state index contributed by atoms with van der Waals surface area (Å²) in [5.41, 5.74) is 2.47. The number of hydrogen-bond donors (Lipinski definition) is 1. The first-order valence-corrected chi connectivity index (χ1v) is 6.58. The number of hydrogen-bond acceptors (Lipinski definition) is 4. The second kappa shape index (κ2) is 3.83. The zero-order valence-corrected chi connectivity index (χ0v) is 10.1. The quantitative estimate of drug-likeness (QED) is 0.878. The average molecular weight is 241 g/mol. The van der Waals surface area contributed by atoms with Crippen LogP contribution in [-0.2, 0) is 0 Å². The van der Waals surface area contributed by atoms with Crippen LogP contribution in [-0.4, -0.2) is 16.7 Å². The normalized spacial score (nSPS) is 22.3. The molecular weight excluding hydrogens is 226 g/mol. The van der Waals surface area contributed by atoms with Crippen molar-refractivity contribution in [3.05, 3.63) is 41.5 Å². The topological polar surface area (TPSA) is 51.0 Å². The second-order valence-electron chi connectivity index (χ2n) is 5.12. The molecule has 0 amide bonds. The molecule has 1 fully saturated rings. The molecule has 1 aromatic heterocycles. The van der Waals surface area contributed by atoms with Crippen LogP contribution in [0, 0.1) is 0 Å². The maximum atomic E-state index is 5.47. The molecule has 4 rings (SSSR count). The molecule has 2 aromatic rings. The van der Waals surface area contributed by atoms with Gasteiger partial charge in [-0.3, -0.25) is 0 Å².